The zero-order valence-electron chi connectivity index (χ0n) is 32.1. The number of anilines is 2. The summed E-state index contributed by atoms with van der Waals surface area (Å²) in [5.41, 5.74) is 15.1. The zero-order valence-corrected chi connectivity index (χ0v) is 32.1. The van der Waals surface area contributed by atoms with Gasteiger partial charge in [0.25, 0.3) is 0 Å². The van der Waals surface area contributed by atoms with Crippen LogP contribution in [0, 0.1) is 0 Å². The molecule has 0 N–H and O–H groups in total. The number of rotatable bonds is 9. The largest absolute Gasteiger partial charge is 0.455 e. The van der Waals surface area contributed by atoms with Crippen LogP contribution in [-0.4, -0.2) is 0 Å². The van der Waals surface area contributed by atoms with Crippen LogP contribution in [0.3, 0.4) is 0 Å². The highest BCUT2D eigenvalue weighted by Gasteiger charge is 2.21. The number of benzene rings is 8. The molecule has 276 valence electrons. The van der Waals surface area contributed by atoms with Crippen LogP contribution >= 0.6 is 0 Å². The molecule has 0 saturated heterocycles. The van der Waals surface area contributed by atoms with Gasteiger partial charge < -0.3 is 13.7 Å². The Bertz CT molecular complexity index is 3180. The number of furan rings is 2. The van der Waals surface area contributed by atoms with Gasteiger partial charge in [0, 0.05) is 49.7 Å². The average molecular weight is 746 g/mol. The van der Waals surface area contributed by atoms with Gasteiger partial charge >= 0.3 is 0 Å². The van der Waals surface area contributed by atoms with E-state index in [-0.39, 0.29) is 0 Å². The second kappa shape index (κ2) is 14.8. The van der Waals surface area contributed by atoms with Gasteiger partial charge in [-0.2, -0.15) is 0 Å². The number of fused-ring (bicyclic) bond motifs is 6. The summed E-state index contributed by atoms with van der Waals surface area (Å²) in [5.74, 6) is 0. The van der Waals surface area contributed by atoms with E-state index in [0.717, 1.165) is 99.9 Å². The molecule has 0 spiro atoms. The first-order chi connectivity index (χ1) is 28.7. The summed E-state index contributed by atoms with van der Waals surface area (Å²) in [7, 11) is 0. The third kappa shape index (κ3) is 6.10. The molecule has 8 aromatic carbocycles. The summed E-state index contributed by atoms with van der Waals surface area (Å²) in [6, 6.07) is 66.0. The van der Waals surface area contributed by atoms with Crippen molar-refractivity contribution >= 4 is 60.8 Å². The van der Waals surface area contributed by atoms with E-state index in [9.17, 15) is 0 Å². The molecule has 0 unspecified atom stereocenters. The van der Waals surface area contributed by atoms with Crippen molar-refractivity contribution in [1.29, 1.82) is 0 Å². The van der Waals surface area contributed by atoms with Crippen LogP contribution in [0.2, 0.25) is 0 Å². The highest BCUT2D eigenvalue weighted by Crippen LogP contribution is 2.44. The Morgan fingerprint density at radius 2 is 1.02 bits per heavy atom. The molecule has 3 nitrogen and oxygen atoms in total. The lowest BCUT2D eigenvalue weighted by atomic mass is 9.92. The zero-order chi connectivity index (χ0) is 39.0. The van der Waals surface area contributed by atoms with Crippen molar-refractivity contribution in [3.8, 4) is 33.4 Å². The monoisotopic (exact) mass is 745 g/mol. The molecule has 0 saturated carbocycles. The molecule has 0 atom stereocenters. The standard InChI is InChI=1S/C55H39NO2/c1-3-37(45-23-15-24-48-46-21-11-13-27-52(46)57-54(45)48)35-41(4-2)56(42-31-29-39(30-32-42)38-17-7-5-8-18-38)43-33-34-44(40-19-9-6-10-20-40)51(36-43)50-26-16-25-49-47-22-12-14-28-53(47)58-55(49)50/h3-36H,1H2,2H3/b37-35+,41-4+. The summed E-state index contributed by atoms with van der Waals surface area (Å²) in [6.07, 6.45) is 6.30. The first-order valence-electron chi connectivity index (χ1n) is 19.7. The lowest BCUT2D eigenvalue weighted by Gasteiger charge is -2.28. The maximum absolute atomic E-state index is 6.66. The van der Waals surface area contributed by atoms with Crippen LogP contribution in [-0.2, 0) is 0 Å². The quantitative estimate of drug-likeness (QED) is 0.138. The second-order valence-electron chi connectivity index (χ2n) is 14.4. The van der Waals surface area contributed by atoms with Crippen molar-refractivity contribution in [3.05, 3.63) is 224 Å². The number of allylic oxidation sites excluding steroid dienone is 4. The van der Waals surface area contributed by atoms with E-state index in [1.165, 1.54) is 5.56 Å². The van der Waals surface area contributed by atoms with Gasteiger partial charge in [0.15, 0.2) is 0 Å². The van der Waals surface area contributed by atoms with Gasteiger partial charge in [-0.15, -0.1) is 0 Å². The fourth-order valence-electron chi connectivity index (χ4n) is 8.26. The van der Waals surface area contributed by atoms with Crippen molar-refractivity contribution in [1.82, 2.24) is 0 Å². The number of hydrogen-bond acceptors (Lipinski definition) is 3. The van der Waals surface area contributed by atoms with Gasteiger partial charge in [0.05, 0.1) is 0 Å². The van der Waals surface area contributed by atoms with E-state index in [1.54, 1.807) is 0 Å². The lowest BCUT2D eigenvalue weighted by molar-refractivity contribution is 0.667. The predicted molar refractivity (Wildman–Crippen MR) is 244 cm³/mol. The highest BCUT2D eigenvalue weighted by molar-refractivity contribution is 6.11. The first-order valence-corrected chi connectivity index (χ1v) is 19.7. The summed E-state index contributed by atoms with van der Waals surface area (Å²) >= 11 is 0. The van der Waals surface area contributed by atoms with Crippen LogP contribution in [0.25, 0.3) is 82.8 Å². The second-order valence-corrected chi connectivity index (χ2v) is 14.4. The minimum Gasteiger partial charge on any atom is -0.455 e. The van der Waals surface area contributed by atoms with Gasteiger partial charge in [0.1, 0.15) is 22.3 Å². The first kappa shape index (κ1) is 34.8. The molecule has 3 heteroatoms. The van der Waals surface area contributed by atoms with Crippen molar-refractivity contribution in [2.45, 2.75) is 6.92 Å². The van der Waals surface area contributed by atoms with Crippen LogP contribution < -0.4 is 4.90 Å². The fraction of sp³-hybridized carbons (Fsp3) is 0.0182. The number of para-hydroxylation sites is 4. The normalized spacial score (nSPS) is 12.2. The predicted octanol–water partition coefficient (Wildman–Crippen LogP) is 15.8. The van der Waals surface area contributed by atoms with Gasteiger partial charge in [-0.05, 0) is 82.8 Å². The van der Waals surface area contributed by atoms with Gasteiger partial charge in [0.2, 0.25) is 0 Å². The molecule has 0 radical (unpaired) electrons. The van der Waals surface area contributed by atoms with Crippen molar-refractivity contribution in [3.63, 3.8) is 0 Å². The minimum atomic E-state index is 0.845. The molecular weight excluding hydrogens is 707 g/mol. The maximum Gasteiger partial charge on any atom is 0.143 e. The molecular formula is C55H39NO2. The van der Waals surface area contributed by atoms with Crippen molar-refractivity contribution < 1.29 is 8.83 Å². The van der Waals surface area contributed by atoms with E-state index in [1.807, 2.05) is 30.3 Å². The Hall–Kier alpha value is -7.62. The van der Waals surface area contributed by atoms with Crippen LogP contribution in [0.1, 0.15) is 12.5 Å². The number of hydrogen-bond donors (Lipinski definition) is 0. The molecule has 0 aliphatic rings. The summed E-state index contributed by atoms with van der Waals surface area (Å²) in [6.45, 7) is 6.41. The van der Waals surface area contributed by atoms with E-state index in [4.69, 9.17) is 8.83 Å². The Labute approximate surface area is 337 Å². The maximum atomic E-state index is 6.66. The minimum absolute atomic E-state index is 0.845. The summed E-state index contributed by atoms with van der Waals surface area (Å²) in [4.78, 5) is 2.33. The summed E-state index contributed by atoms with van der Waals surface area (Å²) < 4.78 is 13.2. The number of nitrogens with zero attached hydrogens (tertiary/aromatic N) is 1. The van der Waals surface area contributed by atoms with Crippen molar-refractivity contribution in [2.24, 2.45) is 0 Å². The Balaban J connectivity index is 1.19. The van der Waals surface area contributed by atoms with Crippen LogP contribution in [0.15, 0.2) is 227 Å². The fourth-order valence-corrected chi connectivity index (χ4v) is 8.26. The Morgan fingerprint density at radius 1 is 0.466 bits per heavy atom. The summed E-state index contributed by atoms with van der Waals surface area (Å²) in [5, 5.41) is 4.38. The third-order valence-corrected chi connectivity index (χ3v) is 11.1. The molecule has 2 heterocycles. The smallest absolute Gasteiger partial charge is 0.143 e. The van der Waals surface area contributed by atoms with Gasteiger partial charge in [-0.1, -0.05) is 170 Å². The van der Waals surface area contributed by atoms with Crippen LogP contribution in [0.4, 0.5) is 11.4 Å². The highest BCUT2D eigenvalue weighted by atomic mass is 16.3. The Morgan fingerprint density at radius 3 is 1.69 bits per heavy atom. The molecule has 0 fully saturated rings. The SMILES string of the molecule is C=C/C(=C\C(=C/C)N(c1ccc(-c2ccccc2)cc1)c1ccc(-c2ccccc2)c(-c2cccc3c2oc2ccccc23)c1)c1cccc2c1oc1ccccc12. The van der Waals surface area contributed by atoms with Crippen molar-refractivity contribution in [2.75, 3.05) is 4.90 Å². The molecule has 0 bridgehead atoms. The molecule has 0 amide bonds. The van der Waals surface area contributed by atoms with E-state index in [0.29, 0.717) is 0 Å². The average Bonchev–Trinajstić information content (AvgIpc) is 3.87. The van der Waals surface area contributed by atoms with E-state index < -0.39 is 0 Å². The topological polar surface area (TPSA) is 29.5 Å². The molecule has 10 aromatic rings. The third-order valence-electron chi connectivity index (χ3n) is 11.1. The van der Waals surface area contributed by atoms with Crippen LogP contribution in [0.5, 0.6) is 0 Å². The van der Waals surface area contributed by atoms with Gasteiger partial charge in [-0.25, -0.2) is 0 Å². The molecule has 0 aliphatic carbocycles. The Kier molecular flexibility index (Phi) is 8.89. The molecule has 2 aromatic heterocycles. The molecule has 58 heavy (non-hydrogen) atoms. The molecule has 10 rings (SSSR count). The lowest BCUT2D eigenvalue weighted by Crippen LogP contribution is -2.15. The van der Waals surface area contributed by atoms with Gasteiger partial charge in [-0.3, -0.25) is 0 Å². The molecule has 0 aliphatic heterocycles. The van der Waals surface area contributed by atoms with E-state index >= 15 is 0 Å². The van der Waals surface area contributed by atoms with E-state index in [2.05, 4.69) is 194 Å².